The molecule has 10 nitrogen and oxygen atoms in total. The molecule has 10 heteroatoms. The van der Waals surface area contributed by atoms with Gasteiger partial charge >= 0.3 is 12.2 Å². The number of carbonyl (C=O) groups is 4. The minimum Gasteiger partial charge on any atom is -0.465 e. The smallest absolute Gasteiger partial charge is 0.414 e. The summed E-state index contributed by atoms with van der Waals surface area (Å²) < 4.78 is 5.64. The molecule has 226 valence electrons. The first kappa shape index (κ1) is 31.4. The van der Waals surface area contributed by atoms with Crippen LogP contribution in [0.2, 0.25) is 0 Å². The van der Waals surface area contributed by atoms with Crippen molar-refractivity contribution in [3.05, 3.63) is 108 Å². The molecule has 0 aliphatic rings. The van der Waals surface area contributed by atoms with Crippen molar-refractivity contribution >= 4 is 41.1 Å². The number of ether oxygens (including phenoxy) is 1. The van der Waals surface area contributed by atoms with Crippen LogP contribution in [-0.4, -0.2) is 46.1 Å². The Balaban J connectivity index is 1.52. The van der Waals surface area contributed by atoms with Gasteiger partial charge in [0.1, 0.15) is 11.4 Å². The lowest BCUT2D eigenvalue weighted by Gasteiger charge is -2.27. The second kappa shape index (κ2) is 13.6. The Morgan fingerprint density at radius 1 is 0.841 bits per heavy atom. The third kappa shape index (κ3) is 8.51. The normalized spacial score (nSPS) is 10.9. The van der Waals surface area contributed by atoms with Gasteiger partial charge in [-0.15, -0.1) is 0 Å². The van der Waals surface area contributed by atoms with Gasteiger partial charge < -0.3 is 15.2 Å². The van der Waals surface area contributed by atoms with E-state index >= 15 is 0 Å². The van der Waals surface area contributed by atoms with Gasteiger partial charge in [0.25, 0.3) is 5.91 Å². The van der Waals surface area contributed by atoms with Crippen molar-refractivity contribution < 1.29 is 29.0 Å². The number of Topliss-reactive ketones (excluding diaryl/α,β-unsaturated/α-hetero) is 1. The van der Waals surface area contributed by atoms with Crippen LogP contribution in [0, 0.1) is 0 Å². The van der Waals surface area contributed by atoms with Gasteiger partial charge in [-0.25, -0.2) is 14.6 Å². The number of benzene rings is 3. The molecule has 0 saturated heterocycles. The maximum atomic E-state index is 13.3. The number of aromatic nitrogens is 1. The number of ketones is 1. The van der Waals surface area contributed by atoms with Crippen LogP contribution in [-0.2, 0) is 11.2 Å². The molecule has 1 heterocycles. The van der Waals surface area contributed by atoms with E-state index in [-0.39, 0.29) is 24.1 Å². The second-order valence-electron chi connectivity index (χ2n) is 11.0. The number of amides is 3. The molecule has 0 spiro atoms. The summed E-state index contributed by atoms with van der Waals surface area (Å²) in [7, 11) is 0. The van der Waals surface area contributed by atoms with Crippen LogP contribution >= 0.6 is 0 Å². The predicted octanol–water partition coefficient (Wildman–Crippen LogP) is 7.28. The fourth-order valence-electron chi connectivity index (χ4n) is 4.41. The zero-order valence-corrected chi connectivity index (χ0v) is 25.0. The summed E-state index contributed by atoms with van der Waals surface area (Å²) in [4.78, 5) is 54.9. The SMILES string of the molecule is CC(=O)c1ccc(-c2ccccc2C(=O)Nc2ccc(N(CCc3cccc(NC(=O)O)n3)C(=O)OC(C)(C)C)cc2)cc1. The predicted molar refractivity (Wildman–Crippen MR) is 169 cm³/mol. The number of nitrogens with zero attached hydrogens (tertiary/aromatic N) is 2. The van der Waals surface area contributed by atoms with E-state index in [1.807, 2.05) is 24.3 Å². The first-order valence-corrected chi connectivity index (χ1v) is 14.0. The zero-order chi connectivity index (χ0) is 31.9. The first-order valence-electron chi connectivity index (χ1n) is 14.0. The molecule has 0 unspecified atom stereocenters. The maximum absolute atomic E-state index is 13.3. The van der Waals surface area contributed by atoms with Gasteiger partial charge in [-0.2, -0.15) is 0 Å². The Labute approximate surface area is 255 Å². The molecule has 0 saturated carbocycles. The van der Waals surface area contributed by atoms with Crippen LogP contribution in [0.3, 0.4) is 0 Å². The third-order valence-corrected chi connectivity index (χ3v) is 6.46. The van der Waals surface area contributed by atoms with E-state index in [0.717, 1.165) is 11.1 Å². The molecule has 3 N–H and O–H groups in total. The van der Waals surface area contributed by atoms with Crippen LogP contribution < -0.4 is 15.5 Å². The molecule has 0 bridgehead atoms. The van der Waals surface area contributed by atoms with Crippen LogP contribution in [0.25, 0.3) is 11.1 Å². The zero-order valence-electron chi connectivity index (χ0n) is 25.0. The summed E-state index contributed by atoms with van der Waals surface area (Å²) in [5.41, 5.74) is 3.52. The molecular formula is C34H34N4O6. The van der Waals surface area contributed by atoms with Crippen LogP contribution in [0.15, 0.2) is 91.0 Å². The van der Waals surface area contributed by atoms with E-state index in [1.54, 1.807) is 87.5 Å². The number of hydrogen-bond donors (Lipinski definition) is 3. The average Bonchev–Trinajstić information content (AvgIpc) is 2.97. The number of nitrogens with one attached hydrogen (secondary N) is 2. The fraction of sp³-hybridized carbons (Fsp3) is 0.206. The third-order valence-electron chi connectivity index (χ3n) is 6.46. The van der Waals surface area contributed by atoms with Gasteiger partial charge in [-0.05, 0) is 81.3 Å². The monoisotopic (exact) mass is 594 g/mol. The number of carbonyl (C=O) groups excluding carboxylic acids is 3. The van der Waals surface area contributed by atoms with Crippen molar-refractivity contribution in [1.82, 2.24) is 4.98 Å². The number of rotatable bonds is 9. The first-order chi connectivity index (χ1) is 20.9. The number of anilines is 3. The molecule has 0 atom stereocenters. The summed E-state index contributed by atoms with van der Waals surface area (Å²) in [5.74, 6) is -0.155. The van der Waals surface area contributed by atoms with Crippen molar-refractivity contribution in [3.8, 4) is 11.1 Å². The molecule has 44 heavy (non-hydrogen) atoms. The molecule has 3 amide bonds. The molecule has 4 aromatic rings. The average molecular weight is 595 g/mol. The molecule has 0 aliphatic carbocycles. The highest BCUT2D eigenvalue weighted by Crippen LogP contribution is 2.26. The number of carboxylic acid groups (broad SMARTS) is 1. The quantitative estimate of drug-likeness (QED) is 0.173. The van der Waals surface area contributed by atoms with Crippen LogP contribution in [0.1, 0.15) is 54.1 Å². The number of pyridine rings is 1. The highest BCUT2D eigenvalue weighted by atomic mass is 16.6. The highest BCUT2D eigenvalue weighted by Gasteiger charge is 2.24. The summed E-state index contributed by atoms with van der Waals surface area (Å²) in [6.07, 6.45) is -1.44. The van der Waals surface area contributed by atoms with Gasteiger partial charge in [0.05, 0.1) is 0 Å². The Morgan fingerprint density at radius 3 is 2.16 bits per heavy atom. The molecular weight excluding hydrogens is 560 g/mol. The van der Waals surface area contributed by atoms with Crippen molar-refractivity contribution in [2.24, 2.45) is 0 Å². The summed E-state index contributed by atoms with van der Waals surface area (Å²) in [6, 6.07) is 26.1. The lowest BCUT2D eigenvalue weighted by atomic mass is 9.97. The van der Waals surface area contributed by atoms with Gasteiger partial charge in [0.2, 0.25) is 0 Å². The lowest BCUT2D eigenvalue weighted by molar-refractivity contribution is 0.0580. The summed E-state index contributed by atoms with van der Waals surface area (Å²) in [6.45, 7) is 7.05. The lowest BCUT2D eigenvalue weighted by Crippen LogP contribution is -2.38. The molecule has 1 aromatic heterocycles. The topological polar surface area (TPSA) is 138 Å². The Morgan fingerprint density at radius 2 is 1.52 bits per heavy atom. The van der Waals surface area contributed by atoms with Crippen molar-refractivity contribution in [2.45, 2.75) is 39.7 Å². The summed E-state index contributed by atoms with van der Waals surface area (Å²) >= 11 is 0. The van der Waals surface area contributed by atoms with Gasteiger partial charge in [-0.1, -0.05) is 48.5 Å². The van der Waals surface area contributed by atoms with Crippen LogP contribution in [0.4, 0.5) is 26.8 Å². The minimum atomic E-state index is -1.22. The van der Waals surface area contributed by atoms with Gasteiger partial charge in [-0.3, -0.25) is 19.8 Å². The van der Waals surface area contributed by atoms with E-state index in [2.05, 4.69) is 15.6 Å². The van der Waals surface area contributed by atoms with E-state index in [4.69, 9.17) is 9.84 Å². The van der Waals surface area contributed by atoms with Crippen molar-refractivity contribution in [3.63, 3.8) is 0 Å². The molecule has 0 aliphatic heterocycles. The second-order valence-corrected chi connectivity index (χ2v) is 11.0. The largest absolute Gasteiger partial charge is 0.465 e. The van der Waals surface area contributed by atoms with Crippen LogP contribution in [0.5, 0.6) is 0 Å². The minimum absolute atomic E-state index is 0.0323. The molecule has 4 rings (SSSR count). The van der Waals surface area contributed by atoms with Gasteiger partial charge in [0.15, 0.2) is 5.78 Å². The van der Waals surface area contributed by atoms with Crippen molar-refractivity contribution in [1.29, 1.82) is 0 Å². The van der Waals surface area contributed by atoms with E-state index < -0.39 is 17.8 Å². The maximum Gasteiger partial charge on any atom is 0.414 e. The molecule has 3 aromatic carbocycles. The Kier molecular flexibility index (Phi) is 9.74. The van der Waals surface area contributed by atoms with E-state index in [0.29, 0.717) is 34.6 Å². The van der Waals surface area contributed by atoms with E-state index in [9.17, 15) is 19.2 Å². The fourth-order valence-corrected chi connectivity index (χ4v) is 4.41. The Hall–Kier alpha value is -5.51. The summed E-state index contributed by atoms with van der Waals surface area (Å²) in [5, 5.41) is 14.1. The highest BCUT2D eigenvalue weighted by molar-refractivity contribution is 6.09. The van der Waals surface area contributed by atoms with E-state index in [1.165, 1.54) is 11.8 Å². The standard InChI is InChI=1S/C34H34N4O6/c1-22(39)23-12-14-24(15-13-23)28-9-5-6-10-29(28)31(40)36-26-16-18-27(19-17-26)38(33(43)44-34(2,3)4)21-20-25-8-7-11-30(35-25)37-32(41)42/h5-19H,20-21H2,1-4H3,(H,35,37)(H,36,40)(H,41,42). The van der Waals surface area contributed by atoms with Crippen molar-refractivity contribution in [2.75, 3.05) is 22.1 Å². The Bertz CT molecular complexity index is 1660. The number of hydrogen-bond acceptors (Lipinski definition) is 6. The molecule has 0 radical (unpaired) electrons. The van der Waals surface area contributed by atoms with Gasteiger partial charge in [0, 0.05) is 41.2 Å². The molecule has 0 fully saturated rings.